The molecule has 9 heteroatoms. The van der Waals surface area contributed by atoms with Crippen LogP contribution in [0, 0.1) is 0 Å². The van der Waals surface area contributed by atoms with Gasteiger partial charge in [0.15, 0.2) is 12.0 Å². The van der Waals surface area contributed by atoms with Crippen LogP contribution < -0.4 is 4.72 Å². The van der Waals surface area contributed by atoms with Crippen molar-refractivity contribution in [1.29, 1.82) is 0 Å². The van der Waals surface area contributed by atoms with E-state index >= 15 is 0 Å². The first-order valence-corrected chi connectivity index (χ1v) is 6.30. The Bertz CT molecular complexity index is 533. The molecule has 0 aromatic carbocycles. The molecular weight excluding hydrogens is 266 g/mol. The SMILES string of the molecule is O=Cc1ccc(S(=O)(=O)N[C@@H](CCO)C(=O)O)o1. The van der Waals surface area contributed by atoms with Crippen LogP contribution in [0.5, 0.6) is 0 Å². The van der Waals surface area contributed by atoms with Crippen LogP contribution in [0.25, 0.3) is 0 Å². The summed E-state index contributed by atoms with van der Waals surface area (Å²) in [4.78, 5) is 21.1. The second-order valence-corrected chi connectivity index (χ2v) is 4.94. The van der Waals surface area contributed by atoms with Crippen molar-refractivity contribution in [3.63, 3.8) is 0 Å². The third-order valence-corrected chi connectivity index (χ3v) is 3.34. The molecule has 1 heterocycles. The Morgan fingerprint density at radius 3 is 2.61 bits per heavy atom. The van der Waals surface area contributed by atoms with Gasteiger partial charge in [-0.2, -0.15) is 4.72 Å². The maximum atomic E-state index is 11.7. The molecule has 1 rings (SSSR count). The number of aliphatic hydroxyl groups excluding tert-OH is 1. The number of carbonyl (C=O) groups is 2. The number of hydrogen-bond donors (Lipinski definition) is 3. The van der Waals surface area contributed by atoms with Gasteiger partial charge in [0, 0.05) is 6.61 Å². The number of carboxylic acids is 1. The molecule has 0 saturated carbocycles. The minimum absolute atomic E-state index is 0.190. The predicted molar refractivity (Wildman–Crippen MR) is 57.5 cm³/mol. The van der Waals surface area contributed by atoms with Crippen LogP contribution in [0.4, 0.5) is 0 Å². The Morgan fingerprint density at radius 1 is 1.50 bits per heavy atom. The van der Waals surface area contributed by atoms with Crippen molar-refractivity contribution in [3.8, 4) is 0 Å². The summed E-state index contributed by atoms with van der Waals surface area (Å²) in [5.41, 5.74) is 0. The van der Waals surface area contributed by atoms with Gasteiger partial charge in [0.1, 0.15) is 6.04 Å². The van der Waals surface area contributed by atoms with Crippen LogP contribution in [-0.4, -0.2) is 43.5 Å². The summed E-state index contributed by atoms with van der Waals surface area (Å²) in [5, 5.41) is 16.8. The fourth-order valence-corrected chi connectivity index (χ4v) is 2.31. The van der Waals surface area contributed by atoms with Crippen LogP contribution >= 0.6 is 0 Å². The van der Waals surface area contributed by atoms with Gasteiger partial charge in [0.25, 0.3) is 10.0 Å². The highest BCUT2D eigenvalue weighted by Crippen LogP contribution is 2.13. The zero-order chi connectivity index (χ0) is 13.8. The second kappa shape index (κ2) is 5.76. The highest BCUT2D eigenvalue weighted by molar-refractivity contribution is 7.89. The Morgan fingerprint density at radius 2 is 2.17 bits per heavy atom. The van der Waals surface area contributed by atoms with Gasteiger partial charge >= 0.3 is 5.97 Å². The summed E-state index contributed by atoms with van der Waals surface area (Å²) >= 11 is 0. The number of nitrogens with one attached hydrogen (secondary N) is 1. The Labute approximate surface area is 102 Å². The molecule has 0 saturated heterocycles. The average Bonchev–Trinajstić information content (AvgIpc) is 2.77. The number of hydrogen-bond acceptors (Lipinski definition) is 6. The van der Waals surface area contributed by atoms with E-state index in [0.717, 1.165) is 12.1 Å². The van der Waals surface area contributed by atoms with Gasteiger partial charge in [-0.05, 0) is 18.6 Å². The molecule has 0 aliphatic rings. The fraction of sp³-hybridized carbons (Fsp3) is 0.333. The Balaban J connectivity index is 2.92. The maximum absolute atomic E-state index is 11.7. The van der Waals surface area contributed by atoms with Crippen LogP contribution in [0.1, 0.15) is 17.0 Å². The smallest absolute Gasteiger partial charge is 0.321 e. The molecule has 1 atom stereocenters. The number of sulfonamides is 1. The molecule has 100 valence electrons. The minimum Gasteiger partial charge on any atom is -0.480 e. The van der Waals surface area contributed by atoms with E-state index in [1.807, 2.05) is 4.72 Å². The number of carbonyl (C=O) groups excluding carboxylic acids is 1. The number of aldehydes is 1. The van der Waals surface area contributed by atoms with Gasteiger partial charge in [-0.15, -0.1) is 0 Å². The fourth-order valence-electron chi connectivity index (χ4n) is 1.15. The number of furan rings is 1. The van der Waals surface area contributed by atoms with Crippen molar-refractivity contribution in [1.82, 2.24) is 4.72 Å². The van der Waals surface area contributed by atoms with E-state index in [4.69, 9.17) is 10.2 Å². The van der Waals surface area contributed by atoms with Crippen molar-refractivity contribution < 1.29 is 32.6 Å². The standard InChI is InChI=1S/C9H11NO7S/c11-4-3-7(9(13)14)10-18(15,16)8-2-1-6(5-12)17-8/h1-2,5,7,10-11H,3-4H2,(H,13,14)/t7-/m0/s1. The quantitative estimate of drug-likeness (QED) is 0.556. The Kier molecular flexibility index (Phi) is 4.59. The summed E-state index contributed by atoms with van der Waals surface area (Å²) in [5.74, 6) is -1.61. The number of rotatable bonds is 7. The average molecular weight is 277 g/mol. The summed E-state index contributed by atoms with van der Waals surface area (Å²) in [6.45, 7) is -0.489. The first kappa shape index (κ1) is 14.4. The monoisotopic (exact) mass is 277 g/mol. The highest BCUT2D eigenvalue weighted by atomic mass is 32.2. The lowest BCUT2D eigenvalue weighted by atomic mass is 10.2. The van der Waals surface area contributed by atoms with E-state index in [-0.39, 0.29) is 12.2 Å². The first-order chi connectivity index (χ1) is 8.40. The van der Waals surface area contributed by atoms with E-state index in [0.29, 0.717) is 6.29 Å². The molecule has 8 nitrogen and oxygen atoms in total. The van der Waals surface area contributed by atoms with Crippen molar-refractivity contribution in [2.45, 2.75) is 17.6 Å². The van der Waals surface area contributed by atoms with Crippen molar-refractivity contribution >= 4 is 22.3 Å². The molecule has 1 aromatic rings. The molecule has 0 aliphatic carbocycles. The third kappa shape index (κ3) is 3.39. The summed E-state index contributed by atoms with van der Waals surface area (Å²) in [7, 11) is -4.18. The number of aliphatic hydroxyl groups is 1. The summed E-state index contributed by atoms with van der Waals surface area (Å²) in [6, 6.07) is 0.706. The molecular formula is C9H11NO7S. The lowest BCUT2D eigenvalue weighted by Crippen LogP contribution is -2.41. The van der Waals surface area contributed by atoms with E-state index in [1.54, 1.807) is 0 Å². The lowest BCUT2D eigenvalue weighted by molar-refractivity contribution is -0.139. The van der Waals surface area contributed by atoms with E-state index < -0.39 is 33.7 Å². The van der Waals surface area contributed by atoms with Gasteiger partial charge in [-0.25, -0.2) is 8.42 Å². The van der Waals surface area contributed by atoms with Crippen LogP contribution in [0.15, 0.2) is 21.6 Å². The van der Waals surface area contributed by atoms with Gasteiger partial charge in [0.05, 0.1) is 0 Å². The molecule has 0 amide bonds. The van der Waals surface area contributed by atoms with Crippen LogP contribution in [-0.2, 0) is 14.8 Å². The molecule has 0 bridgehead atoms. The predicted octanol–water partition coefficient (Wildman–Crippen LogP) is -0.794. The molecule has 18 heavy (non-hydrogen) atoms. The van der Waals surface area contributed by atoms with Gasteiger partial charge < -0.3 is 14.6 Å². The molecule has 1 aromatic heterocycles. The molecule has 0 fully saturated rings. The highest BCUT2D eigenvalue weighted by Gasteiger charge is 2.27. The summed E-state index contributed by atoms with van der Waals surface area (Å²) in [6.07, 6.45) is 0.0389. The number of carboxylic acid groups (broad SMARTS) is 1. The second-order valence-electron chi connectivity index (χ2n) is 3.30. The first-order valence-electron chi connectivity index (χ1n) is 4.81. The van der Waals surface area contributed by atoms with Gasteiger partial charge in [-0.3, -0.25) is 9.59 Å². The third-order valence-electron chi connectivity index (χ3n) is 2.00. The molecule has 0 unspecified atom stereocenters. The van der Waals surface area contributed by atoms with Crippen molar-refractivity contribution in [2.24, 2.45) is 0 Å². The molecule has 0 aliphatic heterocycles. The summed E-state index contributed by atoms with van der Waals surface area (Å²) < 4.78 is 29.9. The molecule has 0 radical (unpaired) electrons. The van der Waals surface area contributed by atoms with E-state index in [9.17, 15) is 18.0 Å². The van der Waals surface area contributed by atoms with Crippen molar-refractivity contribution in [3.05, 3.63) is 17.9 Å². The van der Waals surface area contributed by atoms with E-state index in [2.05, 4.69) is 4.42 Å². The number of aliphatic carboxylic acids is 1. The topological polar surface area (TPSA) is 134 Å². The van der Waals surface area contributed by atoms with Crippen LogP contribution in [0.3, 0.4) is 0 Å². The van der Waals surface area contributed by atoms with Gasteiger partial charge in [0.2, 0.25) is 5.09 Å². The molecule has 0 spiro atoms. The normalized spacial score (nSPS) is 13.2. The zero-order valence-corrected chi connectivity index (χ0v) is 9.88. The minimum atomic E-state index is -4.18. The zero-order valence-electron chi connectivity index (χ0n) is 9.07. The largest absolute Gasteiger partial charge is 0.480 e. The molecule has 3 N–H and O–H groups in total. The van der Waals surface area contributed by atoms with Crippen LogP contribution in [0.2, 0.25) is 0 Å². The van der Waals surface area contributed by atoms with Crippen molar-refractivity contribution in [2.75, 3.05) is 6.61 Å². The lowest BCUT2D eigenvalue weighted by Gasteiger charge is -2.11. The van der Waals surface area contributed by atoms with E-state index in [1.165, 1.54) is 0 Å². The maximum Gasteiger partial charge on any atom is 0.321 e. The Hall–Kier alpha value is -1.71. The van der Waals surface area contributed by atoms with Gasteiger partial charge in [-0.1, -0.05) is 0 Å².